The number of para-hydroxylation sites is 1. The molecule has 0 aliphatic rings. The summed E-state index contributed by atoms with van der Waals surface area (Å²) in [6.45, 7) is 2.15. The summed E-state index contributed by atoms with van der Waals surface area (Å²) in [5, 5.41) is 5.65. The lowest BCUT2D eigenvalue weighted by Gasteiger charge is -2.13. The van der Waals surface area contributed by atoms with Crippen LogP contribution in [-0.4, -0.2) is 6.03 Å². The van der Waals surface area contributed by atoms with E-state index in [1.807, 2.05) is 61.5 Å². The molecule has 0 spiro atoms. The van der Waals surface area contributed by atoms with Gasteiger partial charge >= 0.3 is 6.03 Å². The Hall–Kier alpha value is -3.14. The number of halogens is 1. The molecule has 25 heavy (non-hydrogen) atoms. The van der Waals surface area contributed by atoms with Crippen molar-refractivity contribution in [2.24, 2.45) is 0 Å². The molecule has 0 aromatic heterocycles. The number of carbonyl (C=O) groups is 1. The molecule has 0 radical (unpaired) electrons. The molecule has 2 N–H and O–H groups in total. The molecular weight excluding hydrogens is 315 g/mol. The van der Waals surface area contributed by atoms with Gasteiger partial charge < -0.3 is 10.6 Å². The Morgan fingerprint density at radius 2 is 1.68 bits per heavy atom. The van der Waals surface area contributed by atoms with Crippen LogP contribution in [0.4, 0.5) is 14.9 Å². The smallest absolute Gasteiger partial charge is 0.319 e. The maximum atomic E-state index is 13.3. The second kappa shape index (κ2) is 7.62. The zero-order chi connectivity index (χ0) is 17.6. The van der Waals surface area contributed by atoms with Crippen LogP contribution in [0.2, 0.25) is 0 Å². The number of urea groups is 1. The van der Waals surface area contributed by atoms with E-state index >= 15 is 0 Å². The fourth-order valence-corrected chi connectivity index (χ4v) is 2.63. The van der Waals surface area contributed by atoms with Gasteiger partial charge in [-0.2, -0.15) is 0 Å². The maximum absolute atomic E-state index is 13.3. The van der Waals surface area contributed by atoms with Crippen LogP contribution in [0.15, 0.2) is 72.8 Å². The van der Waals surface area contributed by atoms with Crippen molar-refractivity contribution in [1.29, 1.82) is 0 Å². The topological polar surface area (TPSA) is 41.1 Å². The van der Waals surface area contributed by atoms with E-state index in [9.17, 15) is 9.18 Å². The zero-order valence-electron chi connectivity index (χ0n) is 13.9. The average molecular weight is 334 g/mol. The van der Waals surface area contributed by atoms with Crippen LogP contribution >= 0.6 is 0 Å². The molecule has 0 saturated carbocycles. The minimum Gasteiger partial charge on any atom is -0.334 e. The van der Waals surface area contributed by atoms with Gasteiger partial charge in [-0.1, -0.05) is 54.6 Å². The first kappa shape index (κ1) is 16.7. The van der Waals surface area contributed by atoms with Gasteiger partial charge in [-0.15, -0.1) is 0 Å². The molecule has 0 bridgehead atoms. The largest absolute Gasteiger partial charge is 0.334 e. The average Bonchev–Trinajstić information content (AvgIpc) is 2.64. The minimum atomic E-state index is -0.327. The van der Waals surface area contributed by atoms with Crippen LogP contribution < -0.4 is 10.6 Å². The normalized spacial score (nSPS) is 10.3. The Bertz CT molecular complexity index is 878. The van der Waals surface area contributed by atoms with Crippen LogP contribution in [0, 0.1) is 12.7 Å². The number of carbonyl (C=O) groups excluding carboxylic acids is 1. The number of benzene rings is 3. The first-order chi connectivity index (χ1) is 12.1. The fraction of sp³-hybridized carbons (Fsp3) is 0.0952. The van der Waals surface area contributed by atoms with Gasteiger partial charge in [-0.3, -0.25) is 0 Å². The molecule has 0 heterocycles. The summed E-state index contributed by atoms with van der Waals surface area (Å²) in [6.07, 6.45) is 0. The van der Waals surface area contributed by atoms with Crippen molar-refractivity contribution in [3.8, 4) is 11.1 Å². The molecular formula is C21H19FN2O. The predicted molar refractivity (Wildman–Crippen MR) is 98.9 cm³/mol. The van der Waals surface area contributed by atoms with Crippen molar-refractivity contribution in [2.45, 2.75) is 13.5 Å². The SMILES string of the molecule is Cc1ccc(F)cc1CNC(=O)Nc1ccccc1-c1ccccc1. The van der Waals surface area contributed by atoms with Gasteiger partial charge in [0.25, 0.3) is 0 Å². The van der Waals surface area contributed by atoms with Crippen LogP contribution in [0.5, 0.6) is 0 Å². The van der Waals surface area contributed by atoms with Crippen LogP contribution in [0.1, 0.15) is 11.1 Å². The van der Waals surface area contributed by atoms with Gasteiger partial charge in [-0.05, 0) is 41.8 Å². The molecule has 0 atom stereocenters. The Morgan fingerprint density at radius 1 is 0.960 bits per heavy atom. The van der Waals surface area contributed by atoms with E-state index < -0.39 is 0 Å². The van der Waals surface area contributed by atoms with Crippen molar-refractivity contribution < 1.29 is 9.18 Å². The highest BCUT2D eigenvalue weighted by molar-refractivity contribution is 5.94. The van der Waals surface area contributed by atoms with Crippen LogP contribution in [-0.2, 0) is 6.54 Å². The molecule has 3 aromatic carbocycles. The Morgan fingerprint density at radius 3 is 2.48 bits per heavy atom. The summed E-state index contributed by atoms with van der Waals surface area (Å²) in [5.74, 6) is -0.308. The van der Waals surface area contributed by atoms with Gasteiger partial charge in [0.1, 0.15) is 5.82 Å². The molecule has 2 amide bonds. The van der Waals surface area contributed by atoms with E-state index in [0.717, 1.165) is 27.9 Å². The number of anilines is 1. The first-order valence-electron chi connectivity index (χ1n) is 8.08. The molecule has 0 aliphatic carbocycles. The highest BCUT2D eigenvalue weighted by Gasteiger charge is 2.08. The van der Waals surface area contributed by atoms with Gasteiger partial charge in [0, 0.05) is 12.1 Å². The summed E-state index contributed by atoms with van der Waals surface area (Å²) < 4.78 is 13.3. The van der Waals surface area contributed by atoms with E-state index in [-0.39, 0.29) is 18.4 Å². The number of hydrogen-bond donors (Lipinski definition) is 2. The number of hydrogen-bond acceptors (Lipinski definition) is 1. The molecule has 3 aromatic rings. The van der Waals surface area contributed by atoms with Gasteiger partial charge in [-0.25, -0.2) is 9.18 Å². The highest BCUT2D eigenvalue weighted by Crippen LogP contribution is 2.27. The van der Waals surface area contributed by atoms with Crippen LogP contribution in [0.3, 0.4) is 0 Å². The van der Waals surface area contributed by atoms with Gasteiger partial charge in [0.15, 0.2) is 0 Å². The number of amides is 2. The molecule has 0 saturated heterocycles. The second-order valence-corrected chi connectivity index (χ2v) is 5.79. The third kappa shape index (κ3) is 4.23. The Kier molecular flexibility index (Phi) is 5.09. The number of rotatable bonds is 4. The monoisotopic (exact) mass is 334 g/mol. The van der Waals surface area contributed by atoms with Crippen molar-refractivity contribution in [2.75, 3.05) is 5.32 Å². The summed E-state index contributed by atoms with van der Waals surface area (Å²) in [6, 6.07) is 21.7. The molecule has 3 rings (SSSR count). The first-order valence-corrected chi connectivity index (χ1v) is 8.08. The minimum absolute atomic E-state index is 0.267. The summed E-state index contributed by atoms with van der Waals surface area (Å²) in [4.78, 5) is 12.2. The van der Waals surface area contributed by atoms with Crippen molar-refractivity contribution >= 4 is 11.7 Å². The third-order valence-electron chi connectivity index (χ3n) is 4.01. The lowest BCUT2D eigenvalue weighted by Crippen LogP contribution is -2.28. The standard InChI is InChI=1S/C21H19FN2O/c1-15-11-12-18(22)13-17(15)14-23-21(25)24-20-10-6-5-9-19(20)16-7-3-2-4-8-16/h2-13H,14H2,1H3,(H2,23,24,25). The predicted octanol–water partition coefficient (Wildman–Crippen LogP) is 5.12. The van der Waals surface area contributed by atoms with E-state index in [1.54, 1.807) is 6.07 Å². The van der Waals surface area contributed by atoms with E-state index in [0.29, 0.717) is 0 Å². The Balaban J connectivity index is 1.71. The summed E-state index contributed by atoms with van der Waals surface area (Å²) in [5.41, 5.74) is 4.39. The molecule has 126 valence electrons. The number of nitrogens with one attached hydrogen (secondary N) is 2. The lowest BCUT2D eigenvalue weighted by molar-refractivity contribution is 0.251. The zero-order valence-corrected chi connectivity index (χ0v) is 13.9. The third-order valence-corrected chi connectivity index (χ3v) is 4.01. The van der Waals surface area contributed by atoms with Gasteiger partial charge in [0.05, 0.1) is 5.69 Å². The van der Waals surface area contributed by atoms with Crippen molar-refractivity contribution in [1.82, 2.24) is 5.32 Å². The second-order valence-electron chi connectivity index (χ2n) is 5.79. The van der Waals surface area contributed by atoms with E-state index in [2.05, 4.69) is 10.6 Å². The number of aryl methyl sites for hydroxylation is 1. The van der Waals surface area contributed by atoms with E-state index in [4.69, 9.17) is 0 Å². The summed E-state index contributed by atoms with van der Waals surface area (Å²) in [7, 11) is 0. The maximum Gasteiger partial charge on any atom is 0.319 e. The molecule has 3 nitrogen and oxygen atoms in total. The lowest BCUT2D eigenvalue weighted by atomic mass is 10.0. The quantitative estimate of drug-likeness (QED) is 0.683. The fourth-order valence-electron chi connectivity index (χ4n) is 2.63. The molecule has 0 aliphatic heterocycles. The molecule has 0 unspecified atom stereocenters. The Labute approximate surface area is 146 Å². The van der Waals surface area contributed by atoms with Crippen molar-refractivity contribution in [3.63, 3.8) is 0 Å². The van der Waals surface area contributed by atoms with Gasteiger partial charge in [0.2, 0.25) is 0 Å². The molecule has 4 heteroatoms. The van der Waals surface area contributed by atoms with Crippen LogP contribution in [0.25, 0.3) is 11.1 Å². The van der Waals surface area contributed by atoms with E-state index in [1.165, 1.54) is 12.1 Å². The highest BCUT2D eigenvalue weighted by atomic mass is 19.1. The summed E-state index contributed by atoms with van der Waals surface area (Å²) >= 11 is 0. The molecule has 0 fully saturated rings. The van der Waals surface area contributed by atoms with Crippen molar-refractivity contribution in [3.05, 3.63) is 89.7 Å².